The lowest BCUT2D eigenvalue weighted by atomic mass is 9.83. The van der Waals surface area contributed by atoms with E-state index < -0.39 is 0 Å². The zero-order chi connectivity index (χ0) is 12.4. The Balaban J connectivity index is 1.63. The van der Waals surface area contributed by atoms with Crippen LogP contribution in [0.25, 0.3) is 0 Å². The van der Waals surface area contributed by atoms with E-state index in [1.54, 1.807) is 0 Å². The average Bonchev–Trinajstić information content (AvgIpc) is 2.89. The Morgan fingerprint density at radius 2 is 2.00 bits per heavy atom. The van der Waals surface area contributed by atoms with Gasteiger partial charge in [-0.1, -0.05) is 19.3 Å². The normalized spacial score (nSPS) is 26.8. The maximum Gasteiger partial charge on any atom is 0.108 e. The maximum absolute atomic E-state index is 5.57. The van der Waals surface area contributed by atoms with Crippen LogP contribution in [0.3, 0.4) is 0 Å². The third kappa shape index (κ3) is 2.49. The minimum Gasteiger partial charge on any atom is -0.469 e. The van der Waals surface area contributed by atoms with Gasteiger partial charge in [-0.25, -0.2) is 0 Å². The summed E-state index contributed by atoms with van der Waals surface area (Å²) in [7, 11) is 0. The highest BCUT2D eigenvalue weighted by molar-refractivity contribution is 5.24. The molecule has 0 aliphatic heterocycles. The molecule has 0 aromatic carbocycles. The lowest BCUT2D eigenvalue weighted by molar-refractivity contribution is 0.254. The molecular weight excluding hydrogens is 222 g/mol. The quantitative estimate of drug-likeness (QED) is 0.865. The molecule has 1 heterocycles. The molecule has 100 valence electrons. The van der Waals surface area contributed by atoms with Gasteiger partial charge >= 0.3 is 0 Å². The molecule has 2 unspecified atom stereocenters. The van der Waals surface area contributed by atoms with Gasteiger partial charge in [0.2, 0.25) is 0 Å². The van der Waals surface area contributed by atoms with Gasteiger partial charge in [-0.15, -0.1) is 0 Å². The Bertz CT molecular complexity index is 378. The first kappa shape index (κ1) is 12.3. The Kier molecular flexibility index (Phi) is 3.74. The first-order chi connectivity index (χ1) is 8.84. The topological polar surface area (TPSA) is 25.2 Å². The zero-order valence-corrected chi connectivity index (χ0v) is 11.5. The first-order valence-electron chi connectivity index (χ1n) is 7.67. The highest BCUT2D eigenvalue weighted by Crippen LogP contribution is 2.33. The Hall–Kier alpha value is -0.760. The molecule has 3 rings (SSSR count). The van der Waals surface area contributed by atoms with Gasteiger partial charge in [-0.05, 0) is 44.6 Å². The van der Waals surface area contributed by atoms with Crippen LogP contribution >= 0.6 is 0 Å². The Labute approximate surface area is 110 Å². The molecule has 0 saturated heterocycles. The third-order valence-corrected chi connectivity index (χ3v) is 4.87. The number of hydrogen-bond donors (Lipinski definition) is 1. The van der Waals surface area contributed by atoms with Crippen molar-refractivity contribution in [2.75, 3.05) is 0 Å². The standard InChI is InChI=1S/C16H25NO/c1-12(13-6-3-2-4-7-13)17-15-8-5-9-16-14(15)10-11-18-16/h10-13,15,17H,2-9H2,1H3. The molecule has 18 heavy (non-hydrogen) atoms. The van der Waals surface area contributed by atoms with Gasteiger partial charge in [0, 0.05) is 24.1 Å². The fourth-order valence-electron chi connectivity index (χ4n) is 3.75. The molecule has 2 nitrogen and oxygen atoms in total. The number of furan rings is 1. The number of rotatable bonds is 3. The van der Waals surface area contributed by atoms with E-state index in [4.69, 9.17) is 4.42 Å². The molecule has 1 fully saturated rings. The molecule has 0 radical (unpaired) electrons. The van der Waals surface area contributed by atoms with Crippen molar-refractivity contribution in [1.82, 2.24) is 5.32 Å². The Morgan fingerprint density at radius 1 is 1.17 bits per heavy atom. The predicted octanol–water partition coefficient (Wildman–Crippen LogP) is 4.22. The van der Waals surface area contributed by atoms with Crippen molar-refractivity contribution < 1.29 is 4.42 Å². The van der Waals surface area contributed by atoms with Crippen LogP contribution in [0.1, 0.15) is 69.2 Å². The fourth-order valence-corrected chi connectivity index (χ4v) is 3.75. The number of fused-ring (bicyclic) bond motifs is 1. The molecule has 2 heteroatoms. The summed E-state index contributed by atoms with van der Waals surface area (Å²) in [6.07, 6.45) is 12.6. The van der Waals surface area contributed by atoms with Gasteiger partial charge in [-0.2, -0.15) is 0 Å². The van der Waals surface area contributed by atoms with Crippen LogP contribution in [0.15, 0.2) is 16.7 Å². The highest BCUT2D eigenvalue weighted by Gasteiger charge is 2.27. The van der Waals surface area contributed by atoms with E-state index in [0.29, 0.717) is 12.1 Å². The monoisotopic (exact) mass is 247 g/mol. The van der Waals surface area contributed by atoms with E-state index in [2.05, 4.69) is 18.3 Å². The number of nitrogens with one attached hydrogen (secondary N) is 1. The van der Waals surface area contributed by atoms with Gasteiger partial charge in [0.25, 0.3) is 0 Å². The molecule has 0 bridgehead atoms. The largest absolute Gasteiger partial charge is 0.469 e. The van der Waals surface area contributed by atoms with Crippen LogP contribution in [0.4, 0.5) is 0 Å². The summed E-state index contributed by atoms with van der Waals surface area (Å²) in [4.78, 5) is 0. The van der Waals surface area contributed by atoms with E-state index in [-0.39, 0.29) is 0 Å². The molecule has 1 aromatic rings. The summed E-state index contributed by atoms with van der Waals surface area (Å²) >= 11 is 0. The maximum atomic E-state index is 5.57. The van der Waals surface area contributed by atoms with Crippen LogP contribution in [0.2, 0.25) is 0 Å². The van der Waals surface area contributed by atoms with Crippen molar-refractivity contribution in [2.24, 2.45) is 5.92 Å². The van der Waals surface area contributed by atoms with E-state index in [0.717, 1.165) is 12.3 Å². The van der Waals surface area contributed by atoms with Gasteiger partial charge in [-0.3, -0.25) is 0 Å². The smallest absolute Gasteiger partial charge is 0.108 e. The summed E-state index contributed by atoms with van der Waals surface area (Å²) in [5.74, 6) is 2.10. The SMILES string of the molecule is CC(NC1CCCc2occc21)C1CCCCC1. The van der Waals surface area contributed by atoms with E-state index in [1.165, 1.54) is 56.3 Å². The minimum absolute atomic E-state index is 0.532. The van der Waals surface area contributed by atoms with Gasteiger partial charge in [0.1, 0.15) is 5.76 Å². The second kappa shape index (κ2) is 5.48. The number of hydrogen-bond acceptors (Lipinski definition) is 2. The van der Waals surface area contributed by atoms with Crippen molar-refractivity contribution in [3.8, 4) is 0 Å². The van der Waals surface area contributed by atoms with Crippen molar-refractivity contribution >= 4 is 0 Å². The molecule has 0 spiro atoms. The van der Waals surface area contributed by atoms with E-state index in [9.17, 15) is 0 Å². The van der Waals surface area contributed by atoms with E-state index >= 15 is 0 Å². The van der Waals surface area contributed by atoms with Crippen molar-refractivity contribution in [3.05, 3.63) is 23.7 Å². The second-order valence-electron chi connectivity index (χ2n) is 6.10. The van der Waals surface area contributed by atoms with Crippen LogP contribution in [-0.2, 0) is 6.42 Å². The zero-order valence-electron chi connectivity index (χ0n) is 11.5. The van der Waals surface area contributed by atoms with E-state index in [1.807, 2.05) is 6.26 Å². The second-order valence-corrected chi connectivity index (χ2v) is 6.10. The molecule has 2 aliphatic carbocycles. The molecule has 2 atom stereocenters. The fraction of sp³-hybridized carbons (Fsp3) is 0.750. The van der Waals surface area contributed by atoms with Crippen molar-refractivity contribution in [3.63, 3.8) is 0 Å². The Morgan fingerprint density at radius 3 is 2.83 bits per heavy atom. The summed E-state index contributed by atoms with van der Waals surface area (Å²) < 4.78 is 5.57. The van der Waals surface area contributed by atoms with Crippen LogP contribution in [0.5, 0.6) is 0 Å². The summed E-state index contributed by atoms with van der Waals surface area (Å²) in [5, 5.41) is 3.87. The summed E-state index contributed by atoms with van der Waals surface area (Å²) in [6, 6.07) is 3.35. The predicted molar refractivity (Wildman–Crippen MR) is 73.6 cm³/mol. The third-order valence-electron chi connectivity index (χ3n) is 4.87. The minimum atomic E-state index is 0.532. The lowest BCUT2D eigenvalue weighted by Crippen LogP contribution is -2.38. The highest BCUT2D eigenvalue weighted by atomic mass is 16.3. The molecule has 2 aliphatic rings. The number of aryl methyl sites for hydroxylation is 1. The van der Waals surface area contributed by atoms with Gasteiger partial charge < -0.3 is 9.73 Å². The lowest BCUT2D eigenvalue weighted by Gasteiger charge is -2.33. The van der Waals surface area contributed by atoms with Crippen molar-refractivity contribution in [2.45, 2.75) is 70.4 Å². The average molecular weight is 247 g/mol. The molecule has 1 aromatic heterocycles. The summed E-state index contributed by atoms with van der Waals surface area (Å²) in [5.41, 5.74) is 1.42. The van der Waals surface area contributed by atoms with Gasteiger partial charge in [0.15, 0.2) is 0 Å². The van der Waals surface area contributed by atoms with Crippen molar-refractivity contribution in [1.29, 1.82) is 0 Å². The molecular formula is C16H25NO. The van der Waals surface area contributed by atoms with Crippen LogP contribution in [-0.4, -0.2) is 6.04 Å². The van der Waals surface area contributed by atoms with Gasteiger partial charge in [0.05, 0.1) is 6.26 Å². The van der Waals surface area contributed by atoms with Crippen LogP contribution < -0.4 is 5.32 Å². The summed E-state index contributed by atoms with van der Waals surface area (Å²) in [6.45, 7) is 2.38. The molecule has 0 amide bonds. The van der Waals surface area contributed by atoms with Crippen LogP contribution in [0, 0.1) is 5.92 Å². The first-order valence-corrected chi connectivity index (χ1v) is 7.67. The molecule has 1 N–H and O–H groups in total. The molecule has 1 saturated carbocycles.